The van der Waals surface area contributed by atoms with Gasteiger partial charge in [0, 0.05) is 12.3 Å². The largest absolute Gasteiger partial charge is 0.394 e. The van der Waals surface area contributed by atoms with Crippen LogP contribution in [0.3, 0.4) is 0 Å². The predicted molar refractivity (Wildman–Crippen MR) is 250 cm³/mol. The van der Waals surface area contributed by atoms with Crippen LogP contribution >= 0.6 is 0 Å². The second-order valence-corrected chi connectivity index (χ2v) is 24.3. The molecule has 9 aliphatic rings. The highest BCUT2D eigenvalue weighted by molar-refractivity contribution is 5.15. The normalized spacial score (nSPS) is 56.0. The lowest BCUT2D eigenvalue weighted by Crippen LogP contribution is -2.67. The summed E-state index contributed by atoms with van der Waals surface area (Å²) in [5.74, 6) is 0.175. The number of aliphatic hydroxyl groups excluding tert-OH is 13. The highest BCUT2D eigenvalue weighted by atomic mass is 16.8. The van der Waals surface area contributed by atoms with E-state index in [-0.39, 0.29) is 47.2 Å². The van der Waals surface area contributed by atoms with E-state index in [9.17, 15) is 71.5 Å². The van der Waals surface area contributed by atoms with Crippen molar-refractivity contribution in [3.63, 3.8) is 0 Å². The quantitative estimate of drug-likeness (QED) is 0.0730. The van der Waals surface area contributed by atoms with E-state index < -0.39 is 155 Å². The van der Waals surface area contributed by atoms with E-state index in [0.29, 0.717) is 43.4 Å². The van der Waals surface area contributed by atoms with Gasteiger partial charge in [0.1, 0.15) is 91.6 Å². The topological polar surface area (TPSA) is 366 Å². The standard InChI is InChI=1S/C51H86O23/c1-20(19-66-45-39(61)37(59)34(56)29(16-52)69-45)8-13-51(65)21(2)32-28(74-51)15-27-25-7-6-23-14-24(9-11-49(23,4)26(25)10-12-50(27,32)5)68-48-44(73-47-41(63)38(60)35(57)30(17-53)70-47)42(64)43(31(18-54)71-48)72-46-40(62)36(58)33(55)22(3)67-46/h20-48,52-65H,6-19H2,1-5H3/t20-,21+,22+,23?,24+,25?,26?,27?,28+,29-,30?,31?,32+,33+,34-,35?,36-,37+,38?,39-,40-,41?,42?,43?,44?,45-,46+,47?,48?,49+,50+,51-/m1/s1. The van der Waals surface area contributed by atoms with Crippen LogP contribution in [0.4, 0.5) is 0 Å². The smallest absolute Gasteiger partial charge is 0.187 e. The maximum Gasteiger partial charge on any atom is 0.187 e. The molecular weight excluding hydrogens is 981 g/mol. The van der Waals surface area contributed by atoms with Gasteiger partial charge in [-0.2, -0.15) is 0 Å². The lowest BCUT2D eigenvalue weighted by atomic mass is 9.44. The van der Waals surface area contributed by atoms with Crippen molar-refractivity contribution in [2.24, 2.45) is 52.3 Å². The van der Waals surface area contributed by atoms with Gasteiger partial charge in [0.15, 0.2) is 30.9 Å². The predicted octanol–water partition coefficient (Wildman–Crippen LogP) is -2.93. The Morgan fingerprint density at radius 2 is 1.12 bits per heavy atom. The van der Waals surface area contributed by atoms with E-state index in [0.717, 1.165) is 38.5 Å². The van der Waals surface area contributed by atoms with Gasteiger partial charge < -0.3 is 114 Å². The maximum atomic E-state index is 12.1. The van der Waals surface area contributed by atoms with Gasteiger partial charge in [0.05, 0.1) is 44.7 Å². The Morgan fingerprint density at radius 1 is 0.554 bits per heavy atom. The first kappa shape index (κ1) is 57.8. The first-order chi connectivity index (χ1) is 35.0. The van der Waals surface area contributed by atoms with Crippen molar-refractivity contribution in [3.8, 4) is 0 Å². The van der Waals surface area contributed by atoms with Crippen molar-refractivity contribution in [2.45, 2.75) is 240 Å². The van der Waals surface area contributed by atoms with E-state index in [1.165, 1.54) is 6.92 Å². The molecule has 4 aliphatic carbocycles. The third kappa shape index (κ3) is 10.3. The molecule has 0 spiro atoms. The van der Waals surface area contributed by atoms with Crippen LogP contribution in [-0.4, -0.2) is 239 Å². The Morgan fingerprint density at radius 3 is 1.77 bits per heavy atom. The number of hydrogen-bond donors (Lipinski definition) is 14. The summed E-state index contributed by atoms with van der Waals surface area (Å²) in [5, 5.41) is 149. The van der Waals surface area contributed by atoms with Gasteiger partial charge in [-0.15, -0.1) is 0 Å². The molecule has 14 N–H and O–H groups in total. The van der Waals surface area contributed by atoms with E-state index in [1.54, 1.807) is 0 Å². The van der Waals surface area contributed by atoms with Crippen LogP contribution in [0, 0.1) is 52.3 Å². The van der Waals surface area contributed by atoms with Crippen molar-refractivity contribution >= 4 is 0 Å². The van der Waals surface area contributed by atoms with Crippen molar-refractivity contribution in [2.75, 3.05) is 26.4 Å². The first-order valence-corrected chi connectivity index (χ1v) is 27.2. The molecule has 0 aromatic rings. The van der Waals surface area contributed by atoms with E-state index in [2.05, 4.69) is 20.8 Å². The number of ether oxygens (including phenoxy) is 9. The summed E-state index contributed by atoms with van der Waals surface area (Å²) in [5.41, 5.74) is -0.0673. The average molecular weight is 1070 g/mol. The van der Waals surface area contributed by atoms with E-state index >= 15 is 0 Å². The van der Waals surface area contributed by atoms with Crippen LogP contribution in [0.2, 0.25) is 0 Å². The van der Waals surface area contributed by atoms with Gasteiger partial charge >= 0.3 is 0 Å². The summed E-state index contributed by atoms with van der Waals surface area (Å²) >= 11 is 0. The van der Waals surface area contributed by atoms with Crippen molar-refractivity contribution in [1.82, 2.24) is 0 Å². The highest BCUT2D eigenvalue weighted by Crippen LogP contribution is 2.71. The minimum atomic E-state index is -1.85. The number of aliphatic hydroxyl groups is 14. The van der Waals surface area contributed by atoms with Crippen LogP contribution in [0.25, 0.3) is 0 Å². The molecule has 0 bridgehead atoms. The summed E-state index contributed by atoms with van der Waals surface area (Å²) in [7, 11) is 0. The fourth-order valence-corrected chi connectivity index (χ4v) is 15.6. The molecular formula is C51H86O23. The van der Waals surface area contributed by atoms with Crippen LogP contribution in [0.5, 0.6) is 0 Å². The Kier molecular flexibility index (Phi) is 17.6. The fourth-order valence-electron chi connectivity index (χ4n) is 15.6. The molecule has 14 unspecified atom stereocenters. The molecule has 5 heterocycles. The minimum Gasteiger partial charge on any atom is -0.394 e. The van der Waals surface area contributed by atoms with Crippen molar-refractivity contribution < 1.29 is 114 Å². The SMILES string of the molecule is C[C@H](CC[C@@]1(O)O[C@H]2CC3C4CCC5C[C@@H](OC6OC(CO)C(O[C@@H]7O[C@@H](C)[C@H](O)[C@@H](O)[C@H]7O)C(O)C6OC6OC(CO)C(O)C(O)C6O)CC[C@]5(C)C4CC[C@]3(C)[C@H]2[C@@H]1C)CO[C@@H]1O[C@H](CO)[C@@H](O)[C@H](O)[C@H]1O. The third-order valence-corrected chi connectivity index (χ3v) is 20.1. The monoisotopic (exact) mass is 1070 g/mol. The zero-order valence-electron chi connectivity index (χ0n) is 43.1. The van der Waals surface area contributed by atoms with E-state index in [1.807, 2.05) is 6.92 Å². The zero-order chi connectivity index (χ0) is 53.5. The lowest BCUT2D eigenvalue weighted by molar-refractivity contribution is -0.391. The summed E-state index contributed by atoms with van der Waals surface area (Å²) < 4.78 is 54.5. The molecule has 0 aromatic heterocycles. The molecule has 9 fully saturated rings. The van der Waals surface area contributed by atoms with Crippen LogP contribution in [0.1, 0.15) is 98.8 Å². The van der Waals surface area contributed by atoms with E-state index in [4.69, 9.17) is 42.6 Å². The van der Waals surface area contributed by atoms with Crippen LogP contribution < -0.4 is 0 Å². The van der Waals surface area contributed by atoms with Gasteiger partial charge in [-0.3, -0.25) is 0 Å². The number of hydrogen-bond acceptors (Lipinski definition) is 23. The van der Waals surface area contributed by atoms with Gasteiger partial charge in [-0.1, -0.05) is 27.7 Å². The Bertz CT molecular complexity index is 1850. The van der Waals surface area contributed by atoms with Crippen LogP contribution in [-0.2, 0) is 42.6 Å². The fraction of sp³-hybridized carbons (Fsp3) is 1.00. The summed E-state index contributed by atoms with van der Waals surface area (Å²) in [6.45, 7) is 8.47. The Balaban J connectivity index is 0.835. The molecule has 9 rings (SSSR count). The van der Waals surface area contributed by atoms with Gasteiger partial charge in [0.2, 0.25) is 0 Å². The highest BCUT2D eigenvalue weighted by Gasteiger charge is 2.68. The van der Waals surface area contributed by atoms with Crippen molar-refractivity contribution in [1.29, 1.82) is 0 Å². The summed E-state index contributed by atoms with van der Waals surface area (Å²) in [4.78, 5) is 0. The molecule has 428 valence electrons. The molecule has 5 saturated heterocycles. The molecule has 4 saturated carbocycles. The third-order valence-electron chi connectivity index (χ3n) is 20.1. The van der Waals surface area contributed by atoms with Crippen molar-refractivity contribution in [3.05, 3.63) is 0 Å². The molecule has 32 atom stereocenters. The molecule has 74 heavy (non-hydrogen) atoms. The second-order valence-electron chi connectivity index (χ2n) is 24.3. The molecule has 5 aliphatic heterocycles. The van der Waals surface area contributed by atoms with Gasteiger partial charge in [-0.05, 0) is 111 Å². The van der Waals surface area contributed by atoms with Gasteiger partial charge in [-0.25, -0.2) is 0 Å². The number of fused-ring (bicyclic) bond motifs is 7. The Hall–Kier alpha value is -0.920. The first-order valence-electron chi connectivity index (χ1n) is 27.2. The number of rotatable bonds is 15. The molecule has 23 heteroatoms. The molecule has 23 nitrogen and oxygen atoms in total. The zero-order valence-corrected chi connectivity index (χ0v) is 43.1. The second kappa shape index (κ2) is 22.6. The summed E-state index contributed by atoms with van der Waals surface area (Å²) in [6, 6.07) is 0. The average Bonchev–Trinajstić information content (AvgIpc) is 3.82. The van der Waals surface area contributed by atoms with Gasteiger partial charge in [0.25, 0.3) is 0 Å². The maximum absolute atomic E-state index is 12.1. The Labute approximate surface area is 431 Å². The molecule has 0 aromatic carbocycles. The summed E-state index contributed by atoms with van der Waals surface area (Å²) in [6.07, 6.45) is -22.8. The molecule has 0 radical (unpaired) electrons. The van der Waals surface area contributed by atoms with Crippen LogP contribution in [0.15, 0.2) is 0 Å². The lowest BCUT2D eigenvalue weighted by Gasteiger charge is -2.61. The molecule has 0 amide bonds. The minimum absolute atomic E-state index is 0.0231.